The van der Waals surface area contributed by atoms with Crippen LogP contribution < -0.4 is 10.1 Å². The van der Waals surface area contributed by atoms with Gasteiger partial charge in [-0.1, -0.05) is 51.1 Å². The maximum Gasteiger partial charge on any atom is 0.257 e. The van der Waals surface area contributed by atoms with Gasteiger partial charge in [-0.15, -0.1) is 0 Å². The predicted molar refractivity (Wildman–Crippen MR) is 111 cm³/mol. The standard InChI is InChI=1S/C23H27N3O2/c1-23(2,3)18-8-7-11-21(16-18)28-17-22(27)24-14-12-19-13-15-26(25-19)20-9-5-4-6-10-20/h4-11,13,15-16H,12,14,17H2,1-3H3,(H,24,27). The van der Waals surface area contributed by atoms with Crippen LogP contribution in [0.1, 0.15) is 32.0 Å². The van der Waals surface area contributed by atoms with Gasteiger partial charge in [0.15, 0.2) is 6.61 Å². The Kier molecular flexibility index (Phi) is 6.14. The van der Waals surface area contributed by atoms with E-state index in [9.17, 15) is 4.79 Å². The van der Waals surface area contributed by atoms with E-state index >= 15 is 0 Å². The molecule has 1 N–H and O–H groups in total. The normalized spacial score (nSPS) is 11.2. The summed E-state index contributed by atoms with van der Waals surface area (Å²) in [6.45, 7) is 6.98. The highest BCUT2D eigenvalue weighted by Crippen LogP contribution is 2.25. The van der Waals surface area contributed by atoms with Crippen LogP contribution >= 0.6 is 0 Å². The van der Waals surface area contributed by atoms with Gasteiger partial charge in [0, 0.05) is 19.2 Å². The molecular weight excluding hydrogens is 350 g/mol. The second kappa shape index (κ2) is 8.74. The first-order chi connectivity index (χ1) is 13.4. The third kappa shape index (κ3) is 5.46. The molecule has 0 aliphatic rings. The third-order valence-corrected chi connectivity index (χ3v) is 4.44. The van der Waals surface area contributed by atoms with Gasteiger partial charge in [-0.2, -0.15) is 5.10 Å². The Morgan fingerprint density at radius 2 is 1.86 bits per heavy atom. The number of benzene rings is 2. The number of nitrogens with one attached hydrogen (secondary N) is 1. The van der Waals surface area contributed by atoms with Gasteiger partial charge in [0.1, 0.15) is 5.75 Å². The summed E-state index contributed by atoms with van der Waals surface area (Å²) in [6, 6.07) is 19.8. The molecule has 0 bridgehead atoms. The summed E-state index contributed by atoms with van der Waals surface area (Å²) in [5, 5.41) is 7.42. The molecule has 0 saturated carbocycles. The van der Waals surface area contributed by atoms with Gasteiger partial charge in [0.05, 0.1) is 11.4 Å². The van der Waals surface area contributed by atoms with Crippen LogP contribution in [0.3, 0.4) is 0 Å². The van der Waals surface area contributed by atoms with Gasteiger partial charge < -0.3 is 10.1 Å². The van der Waals surface area contributed by atoms with Crippen molar-refractivity contribution in [2.75, 3.05) is 13.2 Å². The van der Waals surface area contributed by atoms with Crippen LogP contribution in [0.15, 0.2) is 66.9 Å². The van der Waals surface area contributed by atoms with Gasteiger partial charge in [-0.25, -0.2) is 4.68 Å². The summed E-state index contributed by atoms with van der Waals surface area (Å²) < 4.78 is 7.47. The van der Waals surface area contributed by atoms with E-state index in [2.05, 4.69) is 37.3 Å². The molecule has 28 heavy (non-hydrogen) atoms. The van der Waals surface area contributed by atoms with Crippen molar-refractivity contribution in [3.63, 3.8) is 0 Å². The minimum absolute atomic E-state index is 0.00600. The lowest BCUT2D eigenvalue weighted by atomic mass is 9.87. The maximum absolute atomic E-state index is 12.1. The molecule has 3 rings (SSSR count). The van der Waals surface area contributed by atoms with Crippen LogP contribution in [0.25, 0.3) is 5.69 Å². The first-order valence-corrected chi connectivity index (χ1v) is 9.52. The zero-order chi connectivity index (χ0) is 20.0. The third-order valence-electron chi connectivity index (χ3n) is 4.44. The number of ether oxygens (including phenoxy) is 1. The second-order valence-electron chi connectivity index (χ2n) is 7.75. The van der Waals surface area contributed by atoms with Crippen molar-refractivity contribution in [2.45, 2.75) is 32.6 Å². The number of carbonyl (C=O) groups excluding carboxylic acids is 1. The minimum atomic E-state index is -0.136. The van der Waals surface area contributed by atoms with Crippen molar-refractivity contribution in [1.29, 1.82) is 0 Å². The lowest BCUT2D eigenvalue weighted by Gasteiger charge is -2.19. The van der Waals surface area contributed by atoms with Crippen LogP contribution in [0.4, 0.5) is 0 Å². The van der Waals surface area contributed by atoms with E-state index in [4.69, 9.17) is 4.74 Å². The fraction of sp³-hybridized carbons (Fsp3) is 0.304. The first-order valence-electron chi connectivity index (χ1n) is 9.52. The number of carbonyl (C=O) groups is 1. The number of rotatable bonds is 7. The molecule has 1 amide bonds. The molecule has 3 aromatic rings. The lowest BCUT2D eigenvalue weighted by Crippen LogP contribution is -2.30. The van der Waals surface area contributed by atoms with E-state index in [1.807, 2.05) is 65.5 Å². The Balaban J connectivity index is 1.44. The maximum atomic E-state index is 12.1. The molecule has 146 valence electrons. The molecule has 1 aromatic heterocycles. The molecule has 5 heteroatoms. The Bertz CT molecular complexity index is 911. The Labute approximate surface area is 166 Å². The quantitative estimate of drug-likeness (QED) is 0.679. The van der Waals surface area contributed by atoms with E-state index < -0.39 is 0 Å². The lowest BCUT2D eigenvalue weighted by molar-refractivity contribution is -0.123. The molecule has 5 nitrogen and oxygen atoms in total. The first kappa shape index (κ1) is 19.7. The Morgan fingerprint density at radius 3 is 2.61 bits per heavy atom. The Morgan fingerprint density at radius 1 is 1.07 bits per heavy atom. The summed E-state index contributed by atoms with van der Waals surface area (Å²) in [5.41, 5.74) is 3.18. The monoisotopic (exact) mass is 377 g/mol. The fourth-order valence-electron chi connectivity index (χ4n) is 2.80. The molecule has 0 saturated heterocycles. The molecule has 0 aliphatic carbocycles. The molecule has 0 aliphatic heterocycles. The SMILES string of the molecule is CC(C)(C)c1cccc(OCC(=O)NCCc2ccn(-c3ccccc3)n2)c1. The average Bonchev–Trinajstić information content (AvgIpc) is 3.16. The summed E-state index contributed by atoms with van der Waals surface area (Å²) in [5.74, 6) is 0.577. The predicted octanol–water partition coefficient (Wildman–Crippen LogP) is 3.91. The number of nitrogens with zero attached hydrogens (tertiary/aromatic N) is 2. The molecule has 0 spiro atoms. The van der Waals surface area contributed by atoms with Crippen molar-refractivity contribution in [3.05, 3.63) is 78.1 Å². The van der Waals surface area contributed by atoms with Gasteiger partial charge in [0.25, 0.3) is 5.91 Å². The number of amides is 1. The van der Waals surface area contributed by atoms with Crippen molar-refractivity contribution in [3.8, 4) is 11.4 Å². The second-order valence-corrected chi connectivity index (χ2v) is 7.75. The largest absolute Gasteiger partial charge is 0.484 e. The van der Waals surface area contributed by atoms with Gasteiger partial charge >= 0.3 is 0 Å². The number of hydrogen-bond donors (Lipinski definition) is 1. The van der Waals surface area contributed by atoms with E-state index in [0.29, 0.717) is 18.7 Å². The Hall–Kier alpha value is -3.08. The van der Waals surface area contributed by atoms with Crippen LogP contribution in [-0.4, -0.2) is 28.8 Å². The van der Waals surface area contributed by atoms with E-state index in [-0.39, 0.29) is 17.9 Å². The molecule has 0 atom stereocenters. The van der Waals surface area contributed by atoms with Crippen LogP contribution in [0.2, 0.25) is 0 Å². The number of aromatic nitrogens is 2. The van der Waals surface area contributed by atoms with Crippen molar-refractivity contribution >= 4 is 5.91 Å². The van der Waals surface area contributed by atoms with Gasteiger partial charge in [0.2, 0.25) is 0 Å². The summed E-state index contributed by atoms with van der Waals surface area (Å²) >= 11 is 0. The van der Waals surface area contributed by atoms with Crippen LogP contribution in [0, 0.1) is 0 Å². The molecule has 1 heterocycles. The fourth-order valence-corrected chi connectivity index (χ4v) is 2.80. The zero-order valence-electron chi connectivity index (χ0n) is 16.7. The number of hydrogen-bond acceptors (Lipinski definition) is 3. The van der Waals surface area contributed by atoms with Crippen LogP contribution in [0.5, 0.6) is 5.75 Å². The van der Waals surface area contributed by atoms with Gasteiger partial charge in [-0.3, -0.25) is 4.79 Å². The average molecular weight is 377 g/mol. The molecule has 0 unspecified atom stereocenters. The van der Waals surface area contributed by atoms with E-state index in [1.54, 1.807) is 0 Å². The molecular formula is C23H27N3O2. The summed E-state index contributed by atoms with van der Waals surface area (Å²) in [7, 11) is 0. The summed E-state index contributed by atoms with van der Waals surface area (Å²) in [4.78, 5) is 12.1. The highest BCUT2D eigenvalue weighted by atomic mass is 16.5. The smallest absolute Gasteiger partial charge is 0.257 e. The van der Waals surface area contributed by atoms with Gasteiger partial charge in [-0.05, 0) is 41.3 Å². The highest BCUT2D eigenvalue weighted by Gasteiger charge is 2.14. The zero-order valence-corrected chi connectivity index (χ0v) is 16.7. The van der Waals surface area contributed by atoms with Crippen LogP contribution in [-0.2, 0) is 16.6 Å². The number of para-hydroxylation sites is 1. The van der Waals surface area contributed by atoms with E-state index in [1.165, 1.54) is 5.56 Å². The minimum Gasteiger partial charge on any atom is -0.484 e. The van der Waals surface area contributed by atoms with E-state index in [0.717, 1.165) is 11.4 Å². The molecule has 0 radical (unpaired) electrons. The van der Waals surface area contributed by atoms with Crippen molar-refractivity contribution in [1.82, 2.24) is 15.1 Å². The molecule has 0 fully saturated rings. The van der Waals surface area contributed by atoms with Crippen molar-refractivity contribution in [2.24, 2.45) is 0 Å². The topological polar surface area (TPSA) is 56.1 Å². The highest BCUT2D eigenvalue weighted by molar-refractivity contribution is 5.77. The summed E-state index contributed by atoms with van der Waals surface area (Å²) in [6.07, 6.45) is 2.60. The molecule has 2 aromatic carbocycles. The van der Waals surface area contributed by atoms with Crippen molar-refractivity contribution < 1.29 is 9.53 Å².